The molecule has 0 radical (unpaired) electrons. The molecular formula is C15H11FN2O2S. The van der Waals surface area contributed by atoms with Gasteiger partial charge in [0.05, 0.1) is 23.7 Å². The number of benzene rings is 2. The van der Waals surface area contributed by atoms with Gasteiger partial charge < -0.3 is 9.72 Å². The Morgan fingerprint density at radius 1 is 1.24 bits per heavy atom. The minimum Gasteiger partial charge on any atom is -0.494 e. The standard InChI is InChI=1S/C15H11FN2O2S/c1-20-13-8-9(6-7-11(13)16)18-14(19)10-4-2-3-5-12(10)17-15(18)21/h2-8H,1H3,(H,17,21). The van der Waals surface area contributed by atoms with Crippen LogP contribution in [-0.2, 0) is 0 Å². The molecule has 0 aliphatic heterocycles. The lowest BCUT2D eigenvalue weighted by Gasteiger charge is -2.10. The van der Waals surface area contributed by atoms with Crippen LogP contribution in [0.2, 0.25) is 0 Å². The average molecular weight is 302 g/mol. The Morgan fingerprint density at radius 3 is 2.76 bits per heavy atom. The first kappa shape index (κ1) is 13.5. The van der Waals surface area contributed by atoms with Gasteiger partial charge in [-0.3, -0.25) is 9.36 Å². The molecular weight excluding hydrogens is 291 g/mol. The summed E-state index contributed by atoms with van der Waals surface area (Å²) in [7, 11) is 1.37. The van der Waals surface area contributed by atoms with E-state index in [2.05, 4.69) is 4.98 Å². The van der Waals surface area contributed by atoms with Crippen LogP contribution in [0.15, 0.2) is 47.3 Å². The minimum absolute atomic E-state index is 0.0574. The molecule has 106 valence electrons. The van der Waals surface area contributed by atoms with Crippen molar-refractivity contribution in [1.82, 2.24) is 9.55 Å². The van der Waals surface area contributed by atoms with Crippen molar-refractivity contribution in [1.29, 1.82) is 0 Å². The largest absolute Gasteiger partial charge is 0.494 e. The normalized spacial score (nSPS) is 10.8. The molecule has 0 fully saturated rings. The second-order valence-corrected chi connectivity index (χ2v) is 4.82. The molecule has 0 aliphatic rings. The van der Waals surface area contributed by atoms with Crippen molar-refractivity contribution < 1.29 is 9.13 Å². The molecule has 0 saturated heterocycles. The van der Waals surface area contributed by atoms with Crippen molar-refractivity contribution >= 4 is 23.1 Å². The summed E-state index contributed by atoms with van der Waals surface area (Å²) in [5, 5.41) is 0.509. The van der Waals surface area contributed by atoms with Crippen LogP contribution in [0.3, 0.4) is 0 Å². The molecule has 0 spiro atoms. The molecule has 21 heavy (non-hydrogen) atoms. The van der Waals surface area contributed by atoms with Gasteiger partial charge in [0.1, 0.15) is 0 Å². The van der Waals surface area contributed by atoms with E-state index in [-0.39, 0.29) is 16.1 Å². The maximum Gasteiger partial charge on any atom is 0.266 e. The number of halogens is 1. The molecule has 4 nitrogen and oxygen atoms in total. The number of nitrogens with zero attached hydrogens (tertiary/aromatic N) is 1. The number of aromatic amines is 1. The molecule has 3 rings (SSSR count). The number of fused-ring (bicyclic) bond motifs is 1. The monoisotopic (exact) mass is 302 g/mol. The van der Waals surface area contributed by atoms with E-state index < -0.39 is 5.82 Å². The fraction of sp³-hybridized carbons (Fsp3) is 0.0667. The Hall–Kier alpha value is -2.47. The van der Waals surface area contributed by atoms with Crippen LogP contribution < -0.4 is 10.3 Å². The van der Waals surface area contributed by atoms with Gasteiger partial charge in [0, 0.05) is 6.07 Å². The molecule has 0 aliphatic carbocycles. The number of rotatable bonds is 2. The molecule has 0 unspecified atom stereocenters. The average Bonchev–Trinajstić information content (AvgIpc) is 2.49. The van der Waals surface area contributed by atoms with Crippen molar-refractivity contribution in [2.45, 2.75) is 0 Å². The Balaban J connectivity index is 2.35. The van der Waals surface area contributed by atoms with Crippen molar-refractivity contribution in [3.05, 3.63) is 63.4 Å². The second-order valence-electron chi connectivity index (χ2n) is 4.44. The van der Waals surface area contributed by atoms with Crippen molar-refractivity contribution in [3.8, 4) is 11.4 Å². The number of H-pyrrole nitrogens is 1. The summed E-state index contributed by atoms with van der Waals surface area (Å²) in [5.41, 5.74) is 0.853. The third-order valence-corrected chi connectivity index (χ3v) is 3.48. The van der Waals surface area contributed by atoms with E-state index >= 15 is 0 Å². The van der Waals surface area contributed by atoms with E-state index in [1.54, 1.807) is 18.2 Å². The lowest BCUT2D eigenvalue weighted by atomic mass is 10.2. The SMILES string of the molecule is COc1cc(-n2c(=S)[nH]c3ccccc3c2=O)ccc1F. The maximum atomic E-state index is 13.5. The Labute approximate surface area is 124 Å². The first-order valence-electron chi connectivity index (χ1n) is 6.20. The Kier molecular flexibility index (Phi) is 3.31. The molecule has 0 amide bonds. The van der Waals surface area contributed by atoms with Gasteiger partial charge in [-0.15, -0.1) is 0 Å². The first-order valence-corrected chi connectivity index (χ1v) is 6.60. The minimum atomic E-state index is -0.495. The van der Waals surface area contributed by atoms with Gasteiger partial charge in [-0.05, 0) is 36.5 Å². The van der Waals surface area contributed by atoms with Gasteiger partial charge in [-0.2, -0.15) is 0 Å². The van der Waals surface area contributed by atoms with Gasteiger partial charge in [0.25, 0.3) is 5.56 Å². The number of hydrogen-bond acceptors (Lipinski definition) is 3. The zero-order valence-corrected chi connectivity index (χ0v) is 11.9. The highest BCUT2D eigenvalue weighted by atomic mass is 32.1. The molecule has 1 heterocycles. The summed E-state index contributed by atoms with van der Waals surface area (Å²) in [6.07, 6.45) is 0. The van der Waals surface area contributed by atoms with Gasteiger partial charge in [-0.1, -0.05) is 12.1 Å². The quantitative estimate of drug-likeness (QED) is 0.740. The smallest absolute Gasteiger partial charge is 0.266 e. The van der Waals surface area contributed by atoms with E-state index in [1.165, 1.54) is 29.9 Å². The lowest BCUT2D eigenvalue weighted by Crippen LogP contribution is -2.20. The predicted octanol–water partition coefficient (Wildman–Crippen LogP) is 3.20. The Bertz CT molecular complexity index is 946. The highest BCUT2D eigenvalue weighted by Crippen LogP contribution is 2.20. The van der Waals surface area contributed by atoms with Crippen molar-refractivity contribution in [2.24, 2.45) is 0 Å². The summed E-state index contributed by atoms with van der Waals surface area (Å²) in [6, 6.07) is 11.2. The number of ether oxygens (including phenoxy) is 1. The lowest BCUT2D eigenvalue weighted by molar-refractivity contribution is 0.386. The number of hydrogen-bond donors (Lipinski definition) is 1. The zero-order valence-electron chi connectivity index (χ0n) is 11.1. The zero-order chi connectivity index (χ0) is 15.0. The van der Waals surface area contributed by atoms with E-state index in [1.807, 2.05) is 6.07 Å². The fourth-order valence-electron chi connectivity index (χ4n) is 2.18. The molecule has 0 atom stereocenters. The molecule has 3 aromatic rings. The summed E-state index contributed by atoms with van der Waals surface area (Å²) >= 11 is 5.23. The molecule has 1 aromatic heterocycles. The highest BCUT2D eigenvalue weighted by molar-refractivity contribution is 7.71. The van der Waals surface area contributed by atoms with Crippen LogP contribution in [-0.4, -0.2) is 16.7 Å². The number of aromatic nitrogens is 2. The van der Waals surface area contributed by atoms with E-state index in [0.717, 1.165) is 0 Å². The maximum absolute atomic E-state index is 13.5. The van der Waals surface area contributed by atoms with Crippen molar-refractivity contribution in [3.63, 3.8) is 0 Å². The van der Waals surface area contributed by atoms with Gasteiger partial charge in [-0.25, -0.2) is 4.39 Å². The molecule has 0 bridgehead atoms. The summed E-state index contributed by atoms with van der Waals surface area (Å²) in [6.45, 7) is 0. The number of methoxy groups -OCH3 is 1. The predicted molar refractivity (Wildman–Crippen MR) is 81.2 cm³/mol. The molecule has 1 N–H and O–H groups in total. The van der Waals surface area contributed by atoms with Crippen LogP contribution >= 0.6 is 12.2 Å². The van der Waals surface area contributed by atoms with Gasteiger partial charge in [0.2, 0.25) is 0 Å². The first-order chi connectivity index (χ1) is 10.1. The van der Waals surface area contributed by atoms with Crippen molar-refractivity contribution in [2.75, 3.05) is 7.11 Å². The molecule has 6 heteroatoms. The van der Waals surface area contributed by atoms with E-state index in [9.17, 15) is 9.18 Å². The third-order valence-electron chi connectivity index (χ3n) is 3.20. The summed E-state index contributed by atoms with van der Waals surface area (Å²) < 4.78 is 20.0. The van der Waals surface area contributed by atoms with Crippen LogP contribution in [0.4, 0.5) is 4.39 Å². The van der Waals surface area contributed by atoms with Crippen LogP contribution in [0.1, 0.15) is 0 Å². The summed E-state index contributed by atoms with van der Waals surface area (Å²) in [5.74, 6) is -0.438. The molecule has 2 aromatic carbocycles. The van der Waals surface area contributed by atoms with Gasteiger partial charge in [0.15, 0.2) is 16.3 Å². The number of para-hydroxylation sites is 1. The Morgan fingerprint density at radius 2 is 2.00 bits per heavy atom. The third kappa shape index (κ3) is 2.23. The highest BCUT2D eigenvalue weighted by Gasteiger charge is 2.10. The van der Waals surface area contributed by atoms with E-state index in [4.69, 9.17) is 17.0 Å². The van der Waals surface area contributed by atoms with Crippen LogP contribution in [0.25, 0.3) is 16.6 Å². The number of nitrogens with one attached hydrogen (secondary N) is 1. The van der Waals surface area contributed by atoms with Crippen LogP contribution in [0, 0.1) is 10.6 Å². The fourth-order valence-corrected chi connectivity index (χ4v) is 2.48. The summed E-state index contributed by atoms with van der Waals surface area (Å²) in [4.78, 5) is 15.6. The van der Waals surface area contributed by atoms with E-state index in [0.29, 0.717) is 16.6 Å². The topological polar surface area (TPSA) is 47.0 Å². The second kappa shape index (κ2) is 5.14. The van der Waals surface area contributed by atoms with Crippen LogP contribution in [0.5, 0.6) is 5.75 Å². The molecule has 0 saturated carbocycles. The van der Waals surface area contributed by atoms with Gasteiger partial charge >= 0.3 is 0 Å².